The zero-order valence-corrected chi connectivity index (χ0v) is 15.2. The Morgan fingerprint density at radius 3 is 2.42 bits per heavy atom. The Morgan fingerprint density at radius 2 is 1.83 bits per heavy atom. The molecule has 1 rings (SSSR count). The minimum absolute atomic E-state index is 0.0131. The minimum Gasteiger partial charge on any atom is -0.772 e. The average Bonchev–Trinajstić information content (AvgIpc) is 2.51. The van der Waals surface area contributed by atoms with Crippen LogP contribution < -0.4 is 0 Å². The van der Waals surface area contributed by atoms with Crippen LogP contribution in [-0.4, -0.2) is 47.9 Å². The van der Waals surface area contributed by atoms with Gasteiger partial charge < -0.3 is 9.29 Å². The average molecular weight is 377 g/mol. The number of rotatable bonds is 10. The molecule has 0 aromatic heterocycles. The van der Waals surface area contributed by atoms with Crippen molar-refractivity contribution in [2.75, 3.05) is 24.7 Å². The number of benzene rings is 1. The summed E-state index contributed by atoms with van der Waals surface area (Å²) >= 11 is -2.28. The van der Waals surface area contributed by atoms with Crippen molar-refractivity contribution in [1.82, 2.24) is 0 Å². The Kier molecular flexibility index (Phi) is 8.01. The summed E-state index contributed by atoms with van der Waals surface area (Å²) in [5.41, 5.74) is -0.300. The molecule has 1 aromatic rings. The normalized spacial score (nSPS) is 13.5. The zero-order valence-electron chi connectivity index (χ0n) is 13.6. The first-order valence-corrected chi connectivity index (χ1v) is 10.1. The molecular formula is C15H21O7S2-. The molecule has 0 fully saturated rings. The van der Waals surface area contributed by atoms with Crippen LogP contribution in [0.2, 0.25) is 0 Å². The highest BCUT2D eigenvalue weighted by Gasteiger charge is 2.24. The first-order valence-electron chi connectivity index (χ1n) is 7.26. The lowest BCUT2D eigenvalue weighted by atomic mass is 9.96. The molecule has 0 amide bonds. The van der Waals surface area contributed by atoms with Gasteiger partial charge in [0.2, 0.25) is 0 Å². The second-order valence-electron chi connectivity index (χ2n) is 5.99. The summed E-state index contributed by atoms with van der Waals surface area (Å²) in [7, 11) is -3.81. The van der Waals surface area contributed by atoms with Crippen molar-refractivity contribution in [2.45, 2.75) is 20.3 Å². The SMILES string of the molecule is CC(C)(COC(=O)c1ccccc1)COS(=O)(=O)CCCS(=O)[O-]. The molecule has 0 saturated heterocycles. The van der Waals surface area contributed by atoms with E-state index in [1.807, 2.05) is 0 Å². The molecule has 0 N–H and O–H groups in total. The molecule has 0 spiro atoms. The molecule has 1 atom stereocenters. The standard InChI is InChI=1S/C15H22O7S2/c1-15(2,11-21-14(16)13-7-4-3-5-8-13)12-22-24(19,20)10-6-9-23(17)18/h3-5,7-8H,6,9-12H2,1-2H3,(H,17,18)/p-1. The highest BCUT2D eigenvalue weighted by Crippen LogP contribution is 2.18. The molecule has 7 nitrogen and oxygen atoms in total. The largest absolute Gasteiger partial charge is 0.772 e. The van der Waals surface area contributed by atoms with Gasteiger partial charge in [0.1, 0.15) is 0 Å². The van der Waals surface area contributed by atoms with E-state index in [9.17, 15) is 22.0 Å². The van der Waals surface area contributed by atoms with Gasteiger partial charge in [0, 0.05) is 11.2 Å². The Balaban J connectivity index is 2.43. The van der Waals surface area contributed by atoms with Gasteiger partial charge in [-0.3, -0.25) is 8.39 Å². The first kappa shape index (κ1) is 20.8. The molecule has 1 aromatic carbocycles. The summed E-state index contributed by atoms with van der Waals surface area (Å²) in [6.07, 6.45) is -0.0259. The van der Waals surface area contributed by atoms with E-state index in [0.717, 1.165) is 0 Å². The van der Waals surface area contributed by atoms with E-state index < -0.39 is 32.6 Å². The molecule has 9 heteroatoms. The number of hydrogen-bond acceptors (Lipinski definition) is 7. The van der Waals surface area contributed by atoms with Crippen LogP contribution >= 0.6 is 0 Å². The van der Waals surface area contributed by atoms with Crippen LogP contribution in [0.25, 0.3) is 0 Å². The molecule has 24 heavy (non-hydrogen) atoms. The smallest absolute Gasteiger partial charge is 0.338 e. The maximum Gasteiger partial charge on any atom is 0.338 e. The van der Waals surface area contributed by atoms with Gasteiger partial charge in [0.15, 0.2) is 0 Å². The quantitative estimate of drug-likeness (QED) is 0.345. The molecular weight excluding hydrogens is 356 g/mol. The lowest BCUT2D eigenvalue weighted by Gasteiger charge is -2.23. The summed E-state index contributed by atoms with van der Waals surface area (Å²) in [6, 6.07) is 8.45. The van der Waals surface area contributed by atoms with Crippen LogP contribution in [0.3, 0.4) is 0 Å². The Bertz CT molecular complexity index is 654. The van der Waals surface area contributed by atoms with Crippen molar-refractivity contribution in [3.8, 4) is 0 Å². The Labute approximate surface area is 144 Å². The molecule has 0 heterocycles. The number of carbonyl (C=O) groups excluding carboxylic acids is 1. The minimum atomic E-state index is -3.81. The van der Waals surface area contributed by atoms with Gasteiger partial charge in [-0.15, -0.1) is 0 Å². The summed E-state index contributed by atoms with van der Waals surface area (Å²) in [4.78, 5) is 11.9. The highest BCUT2D eigenvalue weighted by molar-refractivity contribution is 7.86. The Hall–Kier alpha value is -1.29. The van der Waals surface area contributed by atoms with E-state index in [-0.39, 0.29) is 31.1 Å². The molecule has 0 aliphatic rings. The van der Waals surface area contributed by atoms with E-state index in [2.05, 4.69) is 0 Å². The fraction of sp³-hybridized carbons (Fsp3) is 0.533. The lowest BCUT2D eigenvalue weighted by Crippen LogP contribution is -2.29. The maximum atomic E-state index is 11.9. The van der Waals surface area contributed by atoms with Crippen LogP contribution in [-0.2, 0) is 30.1 Å². The monoisotopic (exact) mass is 377 g/mol. The summed E-state index contributed by atoms with van der Waals surface area (Å²) in [6.45, 7) is 3.22. The van der Waals surface area contributed by atoms with Crippen molar-refractivity contribution in [2.24, 2.45) is 5.41 Å². The maximum absolute atomic E-state index is 11.9. The van der Waals surface area contributed by atoms with Crippen LogP contribution in [0, 0.1) is 5.41 Å². The van der Waals surface area contributed by atoms with Crippen LogP contribution in [0.5, 0.6) is 0 Å². The summed E-state index contributed by atoms with van der Waals surface area (Å²) in [5.74, 6) is -1.11. The molecule has 0 aliphatic carbocycles. The van der Waals surface area contributed by atoms with Crippen molar-refractivity contribution >= 4 is 27.2 Å². The molecule has 1 unspecified atom stereocenters. The van der Waals surface area contributed by atoms with E-state index in [4.69, 9.17) is 8.92 Å². The zero-order chi connectivity index (χ0) is 18.2. The highest BCUT2D eigenvalue weighted by atomic mass is 32.2. The van der Waals surface area contributed by atoms with Gasteiger partial charge in [-0.2, -0.15) is 8.42 Å². The predicted molar refractivity (Wildman–Crippen MR) is 88.6 cm³/mol. The first-order chi connectivity index (χ1) is 11.1. The molecule has 0 radical (unpaired) electrons. The van der Waals surface area contributed by atoms with Gasteiger partial charge in [0.25, 0.3) is 10.1 Å². The Morgan fingerprint density at radius 1 is 1.21 bits per heavy atom. The van der Waals surface area contributed by atoms with Crippen LogP contribution in [0.1, 0.15) is 30.6 Å². The van der Waals surface area contributed by atoms with Gasteiger partial charge in [-0.1, -0.05) is 43.1 Å². The van der Waals surface area contributed by atoms with Crippen molar-refractivity contribution in [3.05, 3.63) is 35.9 Å². The van der Waals surface area contributed by atoms with E-state index in [1.165, 1.54) is 0 Å². The predicted octanol–water partition coefficient (Wildman–Crippen LogP) is 1.49. The molecule has 136 valence electrons. The lowest BCUT2D eigenvalue weighted by molar-refractivity contribution is 0.0255. The van der Waals surface area contributed by atoms with Crippen molar-refractivity contribution < 1.29 is 30.9 Å². The van der Waals surface area contributed by atoms with Crippen LogP contribution in [0.4, 0.5) is 0 Å². The van der Waals surface area contributed by atoms with Crippen molar-refractivity contribution in [1.29, 1.82) is 0 Å². The van der Waals surface area contributed by atoms with E-state index in [1.54, 1.807) is 44.2 Å². The van der Waals surface area contributed by atoms with Gasteiger partial charge in [0.05, 0.1) is 24.5 Å². The molecule has 0 bridgehead atoms. The van der Waals surface area contributed by atoms with Gasteiger partial charge in [-0.25, -0.2) is 4.79 Å². The summed E-state index contributed by atoms with van der Waals surface area (Å²) in [5, 5.41) is 0. The fourth-order valence-corrected chi connectivity index (χ4v) is 3.30. The number of carbonyl (C=O) groups is 1. The van der Waals surface area contributed by atoms with Crippen LogP contribution in [0.15, 0.2) is 30.3 Å². The number of hydrogen-bond donors (Lipinski definition) is 0. The van der Waals surface area contributed by atoms with E-state index >= 15 is 0 Å². The third-order valence-electron chi connectivity index (χ3n) is 2.94. The fourth-order valence-electron chi connectivity index (χ4n) is 1.62. The molecule has 0 aliphatic heterocycles. The summed E-state index contributed by atoms with van der Waals surface area (Å²) < 4.78 is 54.2. The van der Waals surface area contributed by atoms with Gasteiger partial charge in [-0.05, 0) is 18.6 Å². The molecule has 0 saturated carbocycles. The van der Waals surface area contributed by atoms with E-state index in [0.29, 0.717) is 5.56 Å². The van der Waals surface area contributed by atoms with Gasteiger partial charge >= 0.3 is 5.97 Å². The topological polar surface area (TPSA) is 110 Å². The van der Waals surface area contributed by atoms with Crippen molar-refractivity contribution in [3.63, 3.8) is 0 Å². The third-order valence-corrected chi connectivity index (χ3v) is 4.83. The second-order valence-corrected chi connectivity index (χ2v) is 8.77. The number of ether oxygens (including phenoxy) is 1. The third kappa shape index (κ3) is 8.53. The number of esters is 1. The second kappa shape index (κ2) is 9.26.